The molecule has 0 fully saturated rings. The number of hydrogen-bond acceptors (Lipinski definition) is 4. The van der Waals surface area contributed by atoms with Crippen LogP contribution < -0.4 is 10.1 Å². The Hall–Kier alpha value is -2.24. The molecule has 0 atom stereocenters. The first-order valence-electron chi connectivity index (χ1n) is 6.96. The van der Waals surface area contributed by atoms with E-state index in [9.17, 15) is 14.7 Å². The average Bonchev–Trinajstić information content (AvgIpc) is 2.48. The lowest BCUT2D eigenvalue weighted by Crippen LogP contribution is -2.34. The smallest absolute Gasteiger partial charge is 0.255 e. The molecule has 1 rings (SSSR count). The van der Waals surface area contributed by atoms with Gasteiger partial charge in [-0.05, 0) is 32.0 Å². The summed E-state index contributed by atoms with van der Waals surface area (Å²) in [4.78, 5) is 25.5. The standard InChI is InChI=1S/C15H22N2O4/c1-4-17(5-2)14(19)8-9-16-15(20)12-10-11(21-3)6-7-13(12)18/h6-7,10,18H,4-5,8-9H2,1-3H3,(H,16,20). The normalized spacial score (nSPS) is 10.0. The molecule has 0 bridgehead atoms. The third-order valence-corrected chi connectivity index (χ3v) is 3.19. The number of nitrogens with zero attached hydrogens (tertiary/aromatic N) is 1. The molecule has 0 aliphatic heterocycles. The molecule has 0 saturated carbocycles. The monoisotopic (exact) mass is 294 g/mol. The highest BCUT2D eigenvalue weighted by atomic mass is 16.5. The van der Waals surface area contributed by atoms with Gasteiger partial charge in [-0.2, -0.15) is 0 Å². The molecule has 0 aromatic heterocycles. The summed E-state index contributed by atoms with van der Waals surface area (Å²) in [7, 11) is 1.48. The van der Waals surface area contributed by atoms with E-state index in [-0.39, 0.29) is 30.2 Å². The van der Waals surface area contributed by atoms with Gasteiger partial charge >= 0.3 is 0 Å². The van der Waals surface area contributed by atoms with E-state index in [1.54, 1.807) is 11.0 Å². The molecule has 1 aromatic rings. The maximum Gasteiger partial charge on any atom is 0.255 e. The third kappa shape index (κ3) is 4.66. The SMILES string of the molecule is CCN(CC)C(=O)CCNC(=O)c1cc(OC)ccc1O. The van der Waals surface area contributed by atoms with Crippen LogP contribution in [0.15, 0.2) is 18.2 Å². The largest absolute Gasteiger partial charge is 0.507 e. The molecule has 2 N–H and O–H groups in total. The number of carbonyl (C=O) groups excluding carboxylic acids is 2. The number of amides is 2. The van der Waals surface area contributed by atoms with E-state index in [0.717, 1.165) is 0 Å². The van der Waals surface area contributed by atoms with Crippen LogP contribution in [0.4, 0.5) is 0 Å². The molecule has 1 aromatic carbocycles. The van der Waals surface area contributed by atoms with Gasteiger partial charge in [0.15, 0.2) is 0 Å². The summed E-state index contributed by atoms with van der Waals surface area (Å²) < 4.78 is 5.01. The fourth-order valence-corrected chi connectivity index (χ4v) is 1.94. The van der Waals surface area contributed by atoms with Gasteiger partial charge in [-0.1, -0.05) is 0 Å². The number of carbonyl (C=O) groups is 2. The summed E-state index contributed by atoms with van der Waals surface area (Å²) in [5.41, 5.74) is 0.129. The second kappa shape index (κ2) is 8.14. The Morgan fingerprint density at radius 3 is 2.52 bits per heavy atom. The van der Waals surface area contributed by atoms with E-state index in [1.165, 1.54) is 19.2 Å². The highest BCUT2D eigenvalue weighted by Crippen LogP contribution is 2.22. The number of ether oxygens (including phenoxy) is 1. The van der Waals surface area contributed by atoms with Gasteiger partial charge in [0, 0.05) is 26.1 Å². The van der Waals surface area contributed by atoms with Crippen molar-refractivity contribution in [2.45, 2.75) is 20.3 Å². The van der Waals surface area contributed by atoms with Crippen molar-refractivity contribution in [3.8, 4) is 11.5 Å². The molecular formula is C15H22N2O4. The second-order valence-electron chi connectivity index (χ2n) is 4.46. The Labute approximate surface area is 124 Å². The van der Waals surface area contributed by atoms with Crippen LogP contribution in [0, 0.1) is 0 Å². The van der Waals surface area contributed by atoms with Crippen LogP contribution in [-0.2, 0) is 4.79 Å². The zero-order valence-corrected chi connectivity index (χ0v) is 12.7. The third-order valence-electron chi connectivity index (χ3n) is 3.19. The number of rotatable bonds is 7. The first-order chi connectivity index (χ1) is 10.0. The van der Waals surface area contributed by atoms with Gasteiger partial charge in [0.05, 0.1) is 12.7 Å². The molecule has 0 radical (unpaired) electrons. The molecule has 6 nitrogen and oxygen atoms in total. The van der Waals surface area contributed by atoms with Crippen molar-refractivity contribution in [3.05, 3.63) is 23.8 Å². The lowest BCUT2D eigenvalue weighted by molar-refractivity contribution is -0.130. The zero-order chi connectivity index (χ0) is 15.8. The second-order valence-corrected chi connectivity index (χ2v) is 4.46. The van der Waals surface area contributed by atoms with Gasteiger partial charge in [0.25, 0.3) is 5.91 Å². The van der Waals surface area contributed by atoms with Crippen molar-refractivity contribution in [2.24, 2.45) is 0 Å². The van der Waals surface area contributed by atoms with E-state index >= 15 is 0 Å². The fourth-order valence-electron chi connectivity index (χ4n) is 1.94. The molecule has 0 spiro atoms. The van der Waals surface area contributed by atoms with Crippen LogP contribution in [0.25, 0.3) is 0 Å². The Morgan fingerprint density at radius 2 is 1.95 bits per heavy atom. The molecule has 2 amide bonds. The molecule has 0 aliphatic carbocycles. The summed E-state index contributed by atoms with van der Waals surface area (Å²) in [5.74, 6) is -0.0746. The van der Waals surface area contributed by atoms with E-state index in [2.05, 4.69) is 5.32 Å². The van der Waals surface area contributed by atoms with Crippen LogP contribution in [0.3, 0.4) is 0 Å². The van der Waals surface area contributed by atoms with Crippen molar-refractivity contribution >= 4 is 11.8 Å². The van der Waals surface area contributed by atoms with E-state index < -0.39 is 5.91 Å². The summed E-state index contributed by atoms with van der Waals surface area (Å²) in [6.45, 7) is 5.35. The summed E-state index contributed by atoms with van der Waals surface area (Å²) in [5, 5.41) is 12.3. The predicted molar refractivity (Wildman–Crippen MR) is 79.5 cm³/mol. The van der Waals surface area contributed by atoms with Crippen LogP contribution in [-0.4, -0.2) is 48.6 Å². The lowest BCUT2D eigenvalue weighted by atomic mass is 10.1. The molecule has 0 heterocycles. The van der Waals surface area contributed by atoms with Crippen molar-refractivity contribution in [3.63, 3.8) is 0 Å². The van der Waals surface area contributed by atoms with Gasteiger partial charge in [0.2, 0.25) is 5.91 Å². The Kier molecular flexibility index (Phi) is 6.52. The van der Waals surface area contributed by atoms with Gasteiger partial charge in [-0.25, -0.2) is 0 Å². The van der Waals surface area contributed by atoms with Crippen molar-refractivity contribution < 1.29 is 19.4 Å². The number of hydrogen-bond donors (Lipinski definition) is 2. The minimum absolute atomic E-state index is 0.00448. The molecule has 0 saturated heterocycles. The van der Waals surface area contributed by atoms with Crippen LogP contribution in [0.1, 0.15) is 30.6 Å². The molecule has 6 heteroatoms. The number of nitrogens with one attached hydrogen (secondary N) is 1. The molecular weight excluding hydrogens is 272 g/mol. The van der Waals surface area contributed by atoms with Gasteiger partial charge in [0.1, 0.15) is 11.5 Å². The molecule has 0 unspecified atom stereocenters. The molecule has 21 heavy (non-hydrogen) atoms. The van der Waals surface area contributed by atoms with E-state index in [4.69, 9.17) is 4.74 Å². The number of methoxy groups -OCH3 is 1. The van der Waals surface area contributed by atoms with E-state index in [1.807, 2.05) is 13.8 Å². The molecule has 116 valence electrons. The number of benzene rings is 1. The minimum Gasteiger partial charge on any atom is -0.507 e. The highest BCUT2D eigenvalue weighted by molar-refractivity contribution is 5.97. The fraction of sp³-hybridized carbons (Fsp3) is 0.467. The highest BCUT2D eigenvalue weighted by Gasteiger charge is 2.14. The summed E-state index contributed by atoms with van der Waals surface area (Å²) in [6, 6.07) is 4.42. The van der Waals surface area contributed by atoms with Crippen LogP contribution in [0.5, 0.6) is 11.5 Å². The van der Waals surface area contributed by atoms with Crippen LogP contribution in [0.2, 0.25) is 0 Å². The van der Waals surface area contributed by atoms with Crippen molar-refractivity contribution in [2.75, 3.05) is 26.7 Å². The lowest BCUT2D eigenvalue weighted by Gasteiger charge is -2.18. The van der Waals surface area contributed by atoms with Gasteiger partial charge < -0.3 is 20.1 Å². The maximum absolute atomic E-state index is 12.0. The van der Waals surface area contributed by atoms with Crippen molar-refractivity contribution in [1.29, 1.82) is 0 Å². The van der Waals surface area contributed by atoms with Gasteiger partial charge in [-0.3, -0.25) is 9.59 Å². The number of phenols is 1. The zero-order valence-electron chi connectivity index (χ0n) is 12.7. The average molecular weight is 294 g/mol. The minimum atomic E-state index is -0.432. The van der Waals surface area contributed by atoms with E-state index in [0.29, 0.717) is 18.8 Å². The topological polar surface area (TPSA) is 78.9 Å². The summed E-state index contributed by atoms with van der Waals surface area (Å²) >= 11 is 0. The first-order valence-corrected chi connectivity index (χ1v) is 6.96. The Balaban J connectivity index is 2.56. The number of phenolic OH excluding ortho intramolecular Hbond substituents is 1. The molecule has 0 aliphatic rings. The van der Waals surface area contributed by atoms with Crippen molar-refractivity contribution in [1.82, 2.24) is 10.2 Å². The number of aromatic hydroxyl groups is 1. The Morgan fingerprint density at radius 1 is 1.29 bits per heavy atom. The first kappa shape index (κ1) is 16.8. The summed E-state index contributed by atoms with van der Waals surface area (Å²) in [6.07, 6.45) is 0.234. The Bertz CT molecular complexity index is 498. The van der Waals surface area contributed by atoms with Crippen LogP contribution >= 0.6 is 0 Å². The quantitative estimate of drug-likeness (QED) is 0.796. The van der Waals surface area contributed by atoms with Gasteiger partial charge in [-0.15, -0.1) is 0 Å². The predicted octanol–water partition coefficient (Wildman–Crippen LogP) is 1.39. The maximum atomic E-state index is 12.0.